The molecule has 0 spiro atoms. The third-order valence-electron chi connectivity index (χ3n) is 4.54. The standard InChI is InChI=1S/C20H27BrO5S/c1-11(2)16-7-6-14(8-15(16)10-21)17-9-18(24-12(3)22)19(25-13(4)23)20(26-17)27-5/h6-8,11,17-20H,9-10H2,1-5H3/t17-,18-,19+,20-/m1/s1. The van der Waals surface area contributed by atoms with Gasteiger partial charge in [-0.15, -0.1) is 11.8 Å². The molecule has 0 bridgehead atoms. The maximum atomic E-state index is 11.6. The van der Waals surface area contributed by atoms with Crippen LogP contribution in [0.4, 0.5) is 0 Å². The molecule has 0 radical (unpaired) electrons. The number of carbonyl (C=O) groups is 2. The Morgan fingerprint density at radius 1 is 1.26 bits per heavy atom. The fourth-order valence-corrected chi connectivity index (χ4v) is 4.61. The van der Waals surface area contributed by atoms with Crippen molar-refractivity contribution < 1.29 is 23.8 Å². The van der Waals surface area contributed by atoms with Gasteiger partial charge in [-0.05, 0) is 28.9 Å². The van der Waals surface area contributed by atoms with Crippen LogP contribution in [0.1, 0.15) is 62.8 Å². The Morgan fingerprint density at radius 3 is 2.44 bits per heavy atom. The molecule has 2 rings (SSSR count). The fourth-order valence-electron chi connectivity index (χ4n) is 3.38. The molecule has 1 fully saturated rings. The molecule has 0 saturated carbocycles. The van der Waals surface area contributed by atoms with Crippen LogP contribution < -0.4 is 0 Å². The number of ether oxygens (including phenoxy) is 3. The molecule has 1 aromatic rings. The van der Waals surface area contributed by atoms with Crippen LogP contribution in [0.5, 0.6) is 0 Å². The van der Waals surface area contributed by atoms with Gasteiger partial charge in [-0.25, -0.2) is 0 Å². The minimum Gasteiger partial charge on any atom is -0.458 e. The molecule has 7 heteroatoms. The minimum atomic E-state index is -0.622. The van der Waals surface area contributed by atoms with Crippen molar-refractivity contribution in [2.75, 3.05) is 6.26 Å². The zero-order valence-corrected chi connectivity index (χ0v) is 18.8. The molecule has 1 saturated heterocycles. The van der Waals surface area contributed by atoms with E-state index in [0.717, 1.165) is 10.9 Å². The summed E-state index contributed by atoms with van der Waals surface area (Å²) in [5.74, 6) is -0.380. The number of carbonyl (C=O) groups excluding carboxylic acids is 2. The summed E-state index contributed by atoms with van der Waals surface area (Å²) in [6.07, 6.45) is 0.929. The Morgan fingerprint density at radius 2 is 1.93 bits per heavy atom. The average Bonchev–Trinajstić information content (AvgIpc) is 2.61. The first kappa shape index (κ1) is 22.2. The van der Waals surface area contributed by atoms with Crippen LogP contribution in [0, 0.1) is 0 Å². The average molecular weight is 459 g/mol. The summed E-state index contributed by atoms with van der Waals surface area (Å²) in [4.78, 5) is 23.1. The number of hydrogen-bond acceptors (Lipinski definition) is 6. The molecule has 1 aliphatic heterocycles. The van der Waals surface area contributed by atoms with Crippen molar-refractivity contribution in [3.8, 4) is 0 Å². The highest BCUT2D eigenvalue weighted by Crippen LogP contribution is 2.39. The summed E-state index contributed by atoms with van der Waals surface area (Å²) in [5, 5.41) is 0.760. The van der Waals surface area contributed by atoms with Crippen molar-refractivity contribution in [2.45, 2.75) is 69.1 Å². The SMILES string of the molecule is CS[C@H]1O[C@@H](c2ccc(C(C)C)c(CBr)c2)C[C@@H](OC(C)=O)[C@@H]1OC(C)=O. The van der Waals surface area contributed by atoms with Gasteiger partial charge in [0.25, 0.3) is 0 Å². The van der Waals surface area contributed by atoms with Crippen LogP contribution in [0.2, 0.25) is 0 Å². The molecule has 0 aromatic heterocycles. The van der Waals surface area contributed by atoms with Crippen molar-refractivity contribution >= 4 is 39.6 Å². The second kappa shape index (κ2) is 9.94. The minimum absolute atomic E-state index is 0.238. The molecule has 1 aliphatic rings. The van der Waals surface area contributed by atoms with Gasteiger partial charge in [-0.2, -0.15) is 0 Å². The van der Waals surface area contributed by atoms with Gasteiger partial charge in [0.2, 0.25) is 0 Å². The lowest BCUT2D eigenvalue weighted by molar-refractivity contribution is -0.193. The van der Waals surface area contributed by atoms with E-state index in [4.69, 9.17) is 14.2 Å². The van der Waals surface area contributed by atoms with E-state index < -0.39 is 29.6 Å². The lowest BCUT2D eigenvalue weighted by Crippen LogP contribution is -2.48. The van der Waals surface area contributed by atoms with Gasteiger partial charge in [-0.1, -0.05) is 48.0 Å². The number of halogens is 1. The fraction of sp³-hybridized carbons (Fsp3) is 0.600. The van der Waals surface area contributed by atoms with Gasteiger partial charge >= 0.3 is 11.9 Å². The lowest BCUT2D eigenvalue weighted by Gasteiger charge is -2.40. The first-order valence-corrected chi connectivity index (χ1v) is 11.4. The first-order valence-electron chi connectivity index (χ1n) is 8.98. The quantitative estimate of drug-likeness (QED) is 0.453. The highest BCUT2D eigenvalue weighted by molar-refractivity contribution is 9.08. The number of rotatable bonds is 6. The molecule has 5 nitrogen and oxygen atoms in total. The van der Waals surface area contributed by atoms with Crippen LogP contribution in [0.3, 0.4) is 0 Å². The van der Waals surface area contributed by atoms with E-state index in [1.54, 1.807) is 0 Å². The van der Waals surface area contributed by atoms with E-state index in [0.29, 0.717) is 12.3 Å². The van der Waals surface area contributed by atoms with Crippen LogP contribution in [-0.4, -0.2) is 35.8 Å². The second-order valence-electron chi connectivity index (χ2n) is 6.93. The summed E-state index contributed by atoms with van der Waals surface area (Å²) >= 11 is 5.01. The van der Waals surface area contributed by atoms with E-state index >= 15 is 0 Å². The third-order valence-corrected chi connectivity index (χ3v) is 5.98. The Balaban J connectivity index is 2.32. The summed E-state index contributed by atoms with van der Waals surface area (Å²) in [6.45, 7) is 7.05. The van der Waals surface area contributed by atoms with E-state index in [1.807, 2.05) is 6.26 Å². The molecular weight excluding hydrogens is 432 g/mol. The molecule has 4 atom stereocenters. The normalized spacial score (nSPS) is 25.3. The lowest BCUT2D eigenvalue weighted by atomic mass is 9.91. The van der Waals surface area contributed by atoms with Crippen molar-refractivity contribution in [3.05, 3.63) is 34.9 Å². The maximum Gasteiger partial charge on any atom is 0.303 e. The van der Waals surface area contributed by atoms with Crippen LogP contribution in [0.15, 0.2) is 18.2 Å². The number of benzene rings is 1. The molecule has 0 unspecified atom stereocenters. The highest BCUT2D eigenvalue weighted by atomic mass is 79.9. The van der Waals surface area contributed by atoms with E-state index in [2.05, 4.69) is 48.0 Å². The predicted molar refractivity (Wildman–Crippen MR) is 110 cm³/mol. The maximum absolute atomic E-state index is 11.6. The Hall–Kier alpha value is -1.05. The van der Waals surface area contributed by atoms with Crippen molar-refractivity contribution in [2.24, 2.45) is 0 Å². The van der Waals surface area contributed by atoms with Gasteiger partial charge in [0, 0.05) is 25.6 Å². The first-order chi connectivity index (χ1) is 12.8. The topological polar surface area (TPSA) is 61.8 Å². The molecule has 1 heterocycles. The van der Waals surface area contributed by atoms with Gasteiger partial charge in [0.05, 0.1) is 6.10 Å². The van der Waals surface area contributed by atoms with Crippen molar-refractivity contribution in [3.63, 3.8) is 0 Å². The van der Waals surface area contributed by atoms with Gasteiger partial charge in [0.15, 0.2) is 6.10 Å². The molecule has 0 aliphatic carbocycles. The Labute approximate surface area is 173 Å². The smallest absolute Gasteiger partial charge is 0.303 e. The Kier molecular flexibility index (Phi) is 8.19. The summed E-state index contributed by atoms with van der Waals surface area (Å²) in [5.41, 5.74) is 3.14. The van der Waals surface area contributed by atoms with Crippen LogP contribution in [0.25, 0.3) is 0 Å². The Bertz CT molecular complexity index is 678. The zero-order valence-electron chi connectivity index (χ0n) is 16.4. The van der Waals surface area contributed by atoms with Crippen molar-refractivity contribution in [1.29, 1.82) is 0 Å². The van der Waals surface area contributed by atoms with E-state index in [9.17, 15) is 9.59 Å². The van der Waals surface area contributed by atoms with Crippen molar-refractivity contribution in [1.82, 2.24) is 0 Å². The third kappa shape index (κ3) is 5.72. The zero-order chi connectivity index (χ0) is 20.1. The van der Waals surface area contributed by atoms with E-state index in [1.165, 1.54) is 36.7 Å². The predicted octanol–water partition coefficient (Wildman–Crippen LogP) is 4.72. The molecule has 0 N–H and O–H groups in total. The molecule has 1 aromatic carbocycles. The van der Waals surface area contributed by atoms with Gasteiger partial charge in [0.1, 0.15) is 11.5 Å². The second-order valence-corrected chi connectivity index (χ2v) is 8.43. The summed E-state index contributed by atoms with van der Waals surface area (Å²) in [7, 11) is 0. The van der Waals surface area contributed by atoms with Gasteiger partial charge in [-0.3, -0.25) is 9.59 Å². The molecule has 0 amide bonds. The number of hydrogen-bond donors (Lipinski definition) is 0. The highest BCUT2D eigenvalue weighted by Gasteiger charge is 2.43. The monoisotopic (exact) mass is 458 g/mol. The van der Waals surface area contributed by atoms with E-state index in [-0.39, 0.29) is 6.10 Å². The summed E-state index contributed by atoms with van der Waals surface area (Å²) < 4.78 is 17.1. The molecule has 150 valence electrons. The molecular formula is C20H27BrO5S. The van der Waals surface area contributed by atoms with Crippen LogP contribution >= 0.6 is 27.7 Å². The van der Waals surface area contributed by atoms with Crippen LogP contribution in [-0.2, 0) is 29.1 Å². The number of esters is 2. The summed E-state index contributed by atoms with van der Waals surface area (Å²) in [6, 6.07) is 6.34. The molecule has 27 heavy (non-hydrogen) atoms. The largest absolute Gasteiger partial charge is 0.458 e. The number of alkyl halides is 1. The van der Waals surface area contributed by atoms with Gasteiger partial charge < -0.3 is 14.2 Å². The number of thioether (sulfide) groups is 1.